The summed E-state index contributed by atoms with van der Waals surface area (Å²) in [5, 5.41) is 4.90. The summed E-state index contributed by atoms with van der Waals surface area (Å²) in [5.41, 5.74) is 1.78. The topological polar surface area (TPSA) is 56.0 Å². The predicted octanol–water partition coefficient (Wildman–Crippen LogP) is 4.68. The minimum absolute atomic E-state index is 0.0361. The lowest BCUT2D eigenvalue weighted by Gasteiger charge is -2.19. The first kappa shape index (κ1) is 21.9. The zero-order valence-electron chi connectivity index (χ0n) is 16.7. The highest BCUT2D eigenvalue weighted by Crippen LogP contribution is 2.26. The van der Waals surface area contributed by atoms with Crippen molar-refractivity contribution in [2.75, 3.05) is 7.05 Å². The number of hydrogen-bond acceptors (Lipinski definition) is 3. The van der Waals surface area contributed by atoms with Gasteiger partial charge in [0, 0.05) is 24.5 Å². The number of nitrogens with zero attached hydrogens (tertiary/aromatic N) is 5. The number of aromatic nitrogens is 4. The second kappa shape index (κ2) is 8.51. The molecule has 1 amide bonds. The Bertz CT molecular complexity index is 1040. The van der Waals surface area contributed by atoms with Gasteiger partial charge in [-0.3, -0.25) is 4.79 Å². The quantitative estimate of drug-likeness (QED) is 0.560. The van der Waals surface area contributed by atoms with E-state index in [2.05, 4.69) is 10.1 Å². The first-order valence-corrected chi connectivity index (χ1v) is 9.60. The molecule has 10 heteroatoms. The summed E-state index contributed by atoms with van der Waals surface area (Å²) in [7, 11) is 1.52. The van der Waals surface area contributed by atoms with Crippen molar-refractivity contribution in [3.8, 4) is 5.69 Å². The van der Waals surface area contributed by atoms with Crippen molar-refractivity contribution in [1.82, 2.24) is 24.2 Å². The van der Waals surface area contributed by atoms with Gasteiger partial charge in [0.2, 0.25) is 0 Å². The fraction of sp³-hybridized carbons (Fsp3) is 0.350. The zero-order valence-corrected chi connectivity index (χ0v) is 17.4. The van der Waals surface area contributed by atoms with E-state index in [1.807, 2.05) is 19.9 Å². The van der Waals surface area contributed by atoms with Gasteiger partial charge in [-0.2, -0.15) is 18.3 Å². The van der Waals surface area contributed by atoms with Gasteiger partial charge in [0.15, 0.2) is 0 Å². The Morgan fingerprint density at radius 3 is 2.67 bits per heavy atom. The van der Waals surface area contributed by atoms with Crippen LogP contribution in [0.5, 0.6) is 0 Å². The van der Waals surface area contributed by atoms with Crippen molar-refractivity contribution in [3.63, 3.8) is 0 Å². The Hall–Kier alpha value is -2.81. The Balaban J connectivity index is 1.88. The molecule has 0 aliphatic carbocycles. The lowest BCUT2D eigenvalue weighted by Crippen LogP contribution is -2.29. The molecule has 0 radical (unpaired) electrons. The normalized spacial score (nSPS) is 11.9. The van der Waals surface area contributed by atoms with Crippen LogP contribution >= 0.6 is 11.6 Å². The van der Waals surface area contributed by atoms with Crippen LogP contribution in [0.15, 0.2) is 42.9 Å². The van der Waals surface area contributed by atoms with Gasteiger partial charge < -0.3 is 9.47 Å². The average molecular weight is 440 g/mol. The maximum Gasteiger partial charge on any atom is 0.406 e. The van der Waals surface area contributed by atoms with Gasteiger partial charge in [0.05, 0.1) is 29.7 Å². The van der Waals surface area contributed by atoms with Crippen LogP contribution in [-0.2, 0) is 13.1 Å². The Morgan fingerprint density at radius 1 is 1.30 bits per heavy atom. The SMILES string of the molecule is CC(C)c1c(C(=O)N(C)Cc2nccn2CC(F)(F)F)cnn1-c1cccc(Cl)c1. The molecule has 0 N–H and O–H groups in total. The van der Waals surface area contributed by atoms with Gasteiger partial charge in [-0.15, -0.1) is 0 Å². The van der Waals surface area contributed by atoms with Crippen LogP contribution in [0.2, 0.25) is 5.02 Å². The summed E-state index contributed by atoms with van der Waals surface area (Å²) < 4.78 is 40.9. The first-order chi connectivity index (χ1) is 14.1. The maximum absolute atomic E-state index is 13.1. The smallest absolute Gasteiger partial charge is 0.334 e. The molecule has 0 spiro atoms. The van der Waals surface area contributed by atoms with Crippen molar-refractivity contribution in [2.45, 2.75) is 39.0 Å². The van der Waals surface area contributed by atoms with Crippen LogP contribution in [0.3, 0.4) is 0 Å². The van der Waals surface area contributed by atoms with E-state index >= 15 is 0 Å². The summed E-state index contributed by atoms with van der Waals surface area (Å²) in [6.07, 6.45) is -0.369. The lowest BCUT2D eigenvalue weighted by molar-refractivity contribution is -0.141. The van der Waals surface area contributed by atoms with Crippen LogP contribution in [0.25, 0.3) is 5.69 Å². The largest absolute Gasteiger partial charge is 0.406 e. The highest BCUT2D eigenvalue weighted by molar-refractivity contribution is 6.30. The second-order valence-corrected chi connectivity index (χ2v) is 7.67. The minimum Gasteiger partial charge on any atom is -0.334 e. The number of benzene rings is 1. The molecule has 1 aromatic carbocycles. The summed E-state index contributed by atoms with van der Waals surface area (Å²) in [6.45, 7) is 2.64. The van der Waals surface area contributed by atoms with Crippen molar-refractivity contribution in [2.24, 2.45) is 0 Å². The number of amides is 1. The second-order valence-electron chi connectivity index (χ2n) is 7.24. The number of rotatable bonds is 6. The van der Waals surface area contributed by atoms with Crippen LogP contribution in [0.4, 0.5) is 13.2 Å². The minimum atomic E-state index is -4.37. The number of carbonyl (C=O) groups is 1. The van der Waals surface area contributed by atoms with Gasteiger partial charge in [0.25, 0.3) is 5.91 Å². The van der Waals surface area contributed by atoms with Crippen LogP contribution in [0.1, 0.15) is 41.6 Å². The summed E-state index contributed by atoms with van der Waals surface area (Å²) >= 11 is 6.08. The van der Waals surface area contributed by atoms with Gasteiger partial charge in [-0.1, -0.05) is 31.5 Å². The van der Waals surface area contributed by atoms with E-state index in [9.17, 15) is 18.0 Å². The summed E-state index contributed by atoms with van der Waals surface area (Å²) in [6, 6.07) is 7.10. The standard InChI is InChI=1S/C20H21ClF3N5O/c1-13(2)18-16(10-26-29(18)15-6-4-5-14(21)9-15)19(30)27(3)11-17-25-7-8-28(17)12-20(22,23)24/h4-10,13H,11-12H2,1-3H3. The molecule has 0 fully saturated rings. The van der Waals surface area contributed by atoms with Crippen molar-refractivity contribution in [1.29, 1.82) is 0 Å². The van der Waals surface area contributed by atoms with Gasteiger partial charge in [-0.05, 0) is 24.1 Å². The lowest BCUT2D eigenvalue weighted by atomic mass is 10.0. The number of hydrogen-bond donors (Lipinski definition) is 0. The third-order valence-electron chi connectivity index (χ3n) is 4.51. The Labute approximate surface area is 176 Å². The number of carbonyl (C=O) groups excluding carboxylic acids is 1. The molecule has 2 heterocycles. The van der Waals surface area contributed by atoms with E-state index < -0.39 is 12.7 Å². The predicted molar refractivity (Wildman–Crippen MR) is 107 cm³/mol. The zero-order chi connectivity index (χ0) is 22.1. The van der Waals surface area contributed by atoms with Gasteiger partial charge >= 0.3 is 6.18 Å². The Morgan fingerprint density at radius 2 is 2.03 bits per heavy atom. The molecule has 0 atom stereocenters. The molecular weight excluding hydrogens is 419 g/mol. The highest BCUT2D eigenvalue weighted by Gasteiger charge is 2.30. The number of imidazole rings is 1. The molecule has 30 heavy (non-hydrogen) atoms. The average Bonchev–Trinajstić information content (AvgIpc) is 3.27. The van der Waals surface area contributed by atoms with E-state index in [0.29, 0.717) is 22.0 Å². The highest BCUT2D eigenvalue weighted by atomic mass is 35.5. The molecule has 6 nitrogen and oxygen atoms in total. The molecule has 0 saturated heterocycles. The third kappa shape index (κ3) is 4.84. The molecule has 160 valence electrons. The summed E-state index contributed by atoms with van der Waals surface area (Å²) in [4.78, 5) is 18.4. The van der Waals surface area contributed by atoms with E-state index in [4.69, 9.17) is 11.6 Å². The van der Waals surface area contributed by atoms with E-state index in [-0.39, 0.29) is 24.2 Å². The fourth-order valence-corrected chi connectivity index (χ4v) is 3.39. The number of halogens is 4. The van der Waals surface area contributed by atoms with Crippen LogP contribution < -0.4 is 0 Å². The molecule has 3 rings (SSSR count). The summed E-state index contributed by atoms with van der Waals surface area (Å²) in [5.74, 6) is -0.240. The third-order valence-corrected chi connectivity index (χ3v) is 4.75. The first-order valence-electron chi connectivity index (χ1n) is 9.23. The molecule has 0 unspecified atom stereocenters. The molecule has 3 aromatic rings. The molecule has 0 saturated carbocycles. The van der Waals surface area contributed by atoms with E-state index in [0.717, 1.165) is 4.57 Å². The molecule has 0 aliphatic rings. The van der Waals surface area contributed by atoms with E-state index in [1.54, 1.807) is 22.9 Å². The van der Waals surface area contributed by atoms with Crippen molar-refractivity contribution >= 4 is 17.5 Å². The Kier molecular flexibility index (Phi) is 6.21. The van der Waals surface area contributed by atoms with Gasteiger partial charge in [0.1, 0.15) is 12.4 Å². The van der Waals surface area contributed by atoms with Crippen LogP contribution in [-0.4, -0.2) is 43.4 Å². The van der Waals surface area contributed by atoms with Gasteiger partial charge in [-0.25, -0.2) is 9.67 Å². The van der Waals surface area contributed by atoms with Crippen LogP contribution in [0, 0.1) is 0 Å². The van der Waals surface area contributed by atoms with E-state index in [1.165, 1.54) is 30.5 Å². The van der Waals surface area contributed by atoms with Crippen molar-refractivity contribution < 1.29 is 18.0 Å². The fourth-order valence-electron chi connectivity index (χ4n) is 3.21. The molecule has 0 bridgehead atoms. The van der Waals surface area contributed by atoms with Crippen molar-refractivity contribution in [3.05, 3.63) is 65.0 Å². The molecular formula is C20H21ClF3N5O. The molecule has 0 aliphatic heterocycles. The molecule has 2 aromatic heterocycles. The maximum atomic E-state index is 13.1. The number of alkyl halides is 3. The monoisotopic (exact) mass is 439 g/mol.